The Morgan fingerprint density at radius 1 is 1.55 bits per heavy atom. The molecule has 2 fully saturated rings. The summed E-state index contributed by atoms with van der Waals surface area (Å²) in [6.45, 7) is 1.07. The van der Waals surface area contributed by atoms with Gasteiger partial charge in [-0.25, -0.2) is 0 Å². The van der Waals surface area contributed by atoms with Crippen molar-refractivity contribution in [2.75, 3.05) is 13.1 Å². The van der Waals surface area contributed by atoms with Gasteiger partial charge in [-0.1, -0.05) is 6.42 Å². The van der Waals surface area contributed by atoms with Gasteiger partial charge in [-0.05, 0) is 34.7 Å². The quantitative estimate of drug-likeness (QED) is 0.900. The summed E-state index contributed by atoms with van der Waals surface area (Å²) < 4.78 is 2.39. The second-order valence-corrected chi connectivity index (χ2v) is 6.60. The lowest BCUT2D eigenvalue weighted by atomic mass is 9.81. The first kappa shape index (κ1) is 13.6. The van der Waals surface area contributed by atoms with Gasteiger partial charge in [0.15, 0.2) is 0 Å². The zero-order valence-corrected chi connectivity index (χ0v) is 12.5. The highest BCUT2D eigenvalue weighted by Gasteiger charge is 2.55. The Morgan fingerprint density at radius 3 is 2.95 bits per heavy atom. The fraction of sp³-hybridized carbons (Fsp3) is 0.615. The Kier molecular flexibility index (Phi) is 3.32. The van der Waals surface area contributed by atoms with Crippen LogP contribution in [-0.2, 0) is 16.1 Å². The Labute approximate surface area is 124 Å². The maximum absolute atomic E-state index is 12.3. The molecule has 1 aliphatic carbocycles. The molecule has 1 N–H and O–H groups in total. The molecule has 1 aromatic heterocycles. The minimum atomic E-state index is -0.753. The number of likely N-dealkylation sites (tertiary alicyclic amines) is 1. The van der Waals surface area contributed by atoms with Gasteiger partial charge in [0, 0.05) is 19.3 Å². The number of nitrogens with zero attached hydrogens (tertiary/aromatic N) is 3. The van der Waals surface area contributed by atoms with E-state index in [1.165, 1.54) is 0 Å². The topological polar surface area (TPSA) is 75.4 Å². The number of rotatable bonds is 3. The van der Waals surface area contributed by atoms with Crippen molar-refractivity contribution in [1.82, 2.24) is 14.7 Å². The molecule has 0 spiro atoms. The summed E-state index contributed by atoms with van der Waals surface area (Å²) in [5.74, 6) is -0.707. The van der Waals surface area contributed by atoms with Gasteiger partial charge in [-0.3, -0.25) is 14.3 Å². The van der Waals surface area contributed by atoms with Crippen LogP contribution in [0.1, 0.15) is 19.3 Å². The van der Waals surface area contributed by atoms with E-state index in [0.29, 0.717) is 19.5 Å². The van der Waals surface area contributed by atoms with E-state index < -0.39 is 11.4 Å². The molecule has 2 atom stereocenters. The van der Waals surface area contributed by atoms with Crippen LogP contribution in [-0.4, -0.2) is 44.8 Å². The molecule has 1 saturated carbocycles. The molecule has 7 heteroatoms. The number of halogens is 1. The second-order valence-electron chi connectivity index (χ2n) is 5.68. The molecule has 1 aliphatic heterocycles. The lowest BCUT2D eigenvalue weighted by Gasteiger charge is -2.23. The highest BCUT2D eigenvalue weighted by molar-refractivity contribution is 9.10. The zero-order chi connectivity index (χ0) is 14.3. The smallest absolute Gasteiger partial charge is 0.311 e. The van der Waals surface area contributed by atoms with E-state index in [4.69, 9.17) is 0 Å². The van der Waals surface area contributed by atoms with Gasteiger partial charge in [0.2, 0.25) is 5.91 Å². The first-order valence-corrected chi connectivity index (χ1v) is 7.50. The molecule has 1 saturated heterocycles. The van der Waals surface area contributed by atoms with Crippen LogP contribution in [0.5, 0.6) is 0 Å². The molecule has 0 bridgehead atoms. The van der Waals surface area contributed by atoms with Gasteiger partial charge in [0.05, 0.1) is 16.1 Å². The SMILES string of the molecule is O=C(Cn1cc(Br)cn1)N1C[C@@H]2CCC[C@@]2(C(=O)O)C1. The minimum absolute atomic E-state index is 0.0596. The van der Waals surface area contributed by atoms with Gasteiger partial charge in [-0.15, -0.1) is 0 Å². The van der Waals surface area contributed by atoms with Gasteiger partial charge in [0.25, 0.3) is 0 Å². The van der Waals surface area contributed by atoms with E-state index in [1.807, 2.05) is 0 Å². The molecule has 0 radical (unpaired) electrons. The maximum Gasteiger partial charge on any atom is 0.311 e. The molecular formula is C13H16BrN3O3. The van der Waals surface area contributed by atoms with Crippen LogP contribution in [0.2, 0.25) is 0 Å². The van der Waals surface area contributed by atoms with E-state index in [1.54, 1.807) is 22.0 Å². The Balaban J connectivity index is 1.70. The third-order valence-corrected chi connectivity index (χ3v) is 4.96. The molecule has 6 nitrogen and oxygen atoms in total. The predicted octanol–water partition coefficient (Wildman–Crippen LogP) is 1.36. The average Bonchev–Trinajstić information content (AvgIpc) is 3.02. The van der Waals surface area contributed by atoms with E-state index >= 15 is 0 Å². The van der Waals surface area contributed by atoms with Gasteiger partial charge in [0.1, 0.15) is 6.54 Å². The number of amides is 1. The Hall–Kier alpha value is -1.37. The average molecular weight is 342 g/mol. The molecule has 3 rings (SSSR count). The molecule has 2 aliphatic rings. The number of fused-ring (bicyclic) bond motifs is 1. The first-order chi connectivity index (χ1) is 9.51. The number of aromatic nitrogens is 2. The van der Waals surface area contributed by atoms with Crippen LogP contribution in [0.25, 0.3) is 0 Å². The number of carboxylic acids is 1. The number of carbonyl (C=O) groups is 2. The van der Waals surface area contributed by atoms with E-state index in [9.17, 15) is 14.7 Å². The normalized spacial score (nSPS) is 28.6. The van der Waals surface area contributed by atoms with Crippen LogP contribution in [0.4, 0.5) is 0 Å². The number of carboxylic acid groups (broad SMARTS) is 1. The fourth-order valence-corrected chi connectivity index (χ4v) is 3.82. The largest absolute Gasteiger partial charge is 0.481 e. The standard InChI is InChI=1S/C13H16BrN3O3/c14-10-4-15-17(6-10)7-11(18)16-5-9-2-1-3-13(9,8-16)12(19)20/h4,6,9H,1-3,5,7-8H2,(H,19,20)/t9-,13+/m0/s1. The van der Waals surface area contributed by atoms with Gasteiger partial charge in [-0.2, -0.15) is 5.10 Å². The first-order valence-electron chi connectivity index (χ1n) is 6.70. The van der Waals surface area contributed by atoms with Crippen molar-refractivity contribution >= 4 is 27.8 Å². The molecule has 0 aromatic carbocycles. The van der Waals surface area contributed by atoms with Crippen LogP contribution in [0, 0.1) is 11.3 Å². The summed E-state index contributed by atoms with van der Waals surface area (Å²) in [4.78, 5) is 25.5. The molecule has 1 amide bonds. The lowest BCUT2D eigenvalue weighted by molar-refractivity contribution is -0.149. The monoisotopic (exact) mass is 341 g/mol. The number of aliphatic carboxylic acids is 1. The van der Waals surface area contributed by atoms with Crippen molar-refractivity contribution in [3.05, 3.63) is 16.9 Å². The zero-order valence-electron chi connectivity index (χ0n) is 11.0. The summed E-state index contributed by atoms with van der Waals surface area (Å²) in [7, 11) is 0. The van der Waals surface area contributed by atoms with Crippen molar-refractivity contribution in [3.8, 4) is 0 Å². The highest BCUT2D eigenvalue weighted by atomic mass is 79.9. The molecule has 1 aromatic rings. The van der Waals surface area contributed by atoms with Crippen molar-refractivity contribution < 1.29 is 14.7 Å². The predicted molar refractivity (Wildman–Crippen MR) is 73.9 cm³/mol. The third-order valence-electron chi connectivity index (χ3n) is 4.55. The van der Waals surface area contributed by atoms with Crippen molar-refractivity contribution in [1.29, 1.82) is 0 Å². The molecule has 20 heavy (non-hydrogen) atoms. The summed E-state index contributed by atoms with van der Waals surface area (Å²) >= 11 is 3.29. The maximum atomic E-state index is 12.3. The Morgan fingerprint density at radius 2 is 2.35 bits per heavy atom. The van der Waals surface area contributed by atoms with E-state index in [0.717, 1.165) is 17.3 Å². The summed E-state index contributed by atoms with van der Waals surface area (Å²) in [5, 5.41) is 13.6. The van der Waals surface area contributed by atoms with Gasteiger partial charge < -0.3 is 10.0 Å². The Bertz CT molecular complexity index is 559. The molecule has 2 heterocycles. The second kappa shape index (κ2) is 4.87. The summed E-state index contributed by atoms with van der Waals surface area (Å²) in [5.41, 5.74) is -0.708. The van der Waals surface area contributed by atoms with Crippen LogP contribution in [0.15, 0.2) is 16.9 Å². The van der Waals surface area contributed by atoms with Crippen molar-refractivity contribution in [3.63, 3.8) is 0 Å². The number of carbonyl (C=O) groups excluding carboxylic acids is 1. The highest BCUT2D eigenvalue weighted by Crippen LogP contribution is 2.48. The van der Waals surface area contributed by atoms with Gasteiger partial charge >= 0.3 is 5.97 Å². The summed E-state index contributed by atoms with van der Waals surface area (Å²) in [6, 6.07) is 0. The van der Waals surface area contributed by atoms with E-state index in [2.05, 4.69) is 21.0 Å². The number of hydrogen-bond acceptors (Lipinski definition) is 3. The molecule has 108 valence electrons. The number of hydrogen-bond donors (Lipinski definition) is 1. The fourth-order valence-electron chi connectivity index (χ4n) is 3.49. The molecule has 0 unspecified atom stereocenters. The minimum Gasteiger partial charge on any atom is -0.481 e. The van der Waals surface area contributed by atoms with Crippen LogP contribution < -0.4 is 0 Å². The summed E-state index contributed by atoms with van der Waals surface area (Å²) in [6.07, 6.45) is 5.91. The van der Waals surface area contributed by atoms with Crippen molar-refractivity contribution in [2.45, 2.75) is 25.8 Å². The van der Waals surface area contributed by atoms with Crippen LogP contribution >= 0.6 is 15.9 Å². The lowest BCUT2D eigenvalue weighted by Crippen LogP contribution is -2.38. The van der Waals surface area contributed by atoms with Crippen molar-refractivity contribution in [2.24, 2.45) is 11.3 Å². The molecular weight excluding hydrogens is 326 g/mol. The van der Waals surface area contributed by atoms with Crippen LogP contribution in [0.3, 0.4) is 0 Å². The third kappa shape index (κ3) is 2.13. The van der Waals surface area contributed by atoms with E-state index in [-0.39, 0.29) is 18.4 Å².